The molecule has 0 aromatic rings. The van der Waals surface area contributed by atoms with E-state index in [4.69, 9.17) is 4.74 Å². The highest BCUT2D eigenvalue weighted by Crippen LogP contribution is 1.97. The Morgan fingerprint density at radius 2 is 2.00 bits per heavy atom. The fraction of sp³-hybridized carbons (Fsp3) is 0.750. The number of esters is 1. The third-order valence-electron chi connectivity index (χ3n) is 1.12. The van der Waals surface area contributed by atoms with Gasteiger partial charge in [0.25, 0.3) is 0 Å². The molecule has 0 saturated carbocycles. The highest BCUT2D eigenvalue weighted by molar-refractivity contribution is 5.75. The number of carbonyl (C=O) groups excluding carboxylic acids is 2. The van der Waals surface area contributed by atoms with Gasteiger partial charge in [-0.25, -0.2) is 9.59 Å². The fourth-order valence-electron chi connectivity index (χ4n) is 0.486. The molecule has 0 N–H and O–H groups in total. The maximum atomic E-state index is 10.9. The first-order chi connectivity index (χ1) is 5.57. The smallest absolute Gasteiger partial charge is 0.418 e. The first-order valence-corrected chi connectivity index (χ1v) is 3.77. The molecule has 1 unspecified atom stereocenters. The van der Waals surface area contributed by atoms with E-state index < -0.39 is 12.1 Å². The topological polar surface area (TPSA) is 52.6 Å². The second-order valence-corrected chi connectivity index (χ2v) is 2.87. The van der Waals surface area contributed by atoms with Crippen LogP contribution in [-0.4, -0.2) is 25.2 Å². The molecule has 0 heterocycles. The summed E-state index contributed by atoms with van der Waals surface area (Å²) in [6.45, 7) is 6.80. The second-order valence-electron chi connectivity index (χ2n) is 2.87. The predicted octanol–water partition coefficient (Wildman–Crippen LogP) is 0.658. The Morgan fingerprint density at radius 3 is 2.42 bits per heavy atom. The molecular weight excluding hydrogens is 160 g/mol. The van der Waals surface area contributed by atoms with Gasteiger partial charge < -0.3 is 9.47 Å². The summed E-state index contributed by atoms with van der Waals surface area (Å²) in [7, 11) is 0. The predicted molar refractivity (Wildman–Crippen MR) is 42.0 cm³/mol. The van der Waals surface area contributed by atoms with Crippen LogP contribution < -0.4 is 0 Å². The van der Waals surface area contributed by atoms with Crippen molar-refractivity contribution >= 4 is 12.4 Å². The molecule has 0 saturated heterocycles. The Hall–Kier alpha value is -1.06. The molecule has 0 aromatic carbocycles. The van der Waals surface area contributed by atoms with Crippen LogP contribution in [0.5, 0.6) is 0 Å². The minimum atomic E-state index is -0.860. The molecule has 0 amide bonds. The number of carbonyl (C=O) groups is 1. The van der Waals surface area contributed by atoms with E-state index in [9.17, 15) is 9.59 Å². The Balaban J connectivity index is 3.63. The molecule has 0 spiro atoms. The van der Waals surface area contributed by atoms with Crippen molar-refractivity contribution in [3.63, 3.8) is 0 Å². The van der Waals surface area contributed by atoms with E-state index in [0.717, 1.165) is 0 Å². The molecular formula is C8H13O4. The van der Waals surface area contributed by atoms with Gasteiger partial charge in [0.2, 0.25) is 0 Å². The molecule has 1 radical (unpaired) electrons. The van der Waals surface area contributed by atoms with E-state index in [1.54, 1.807) is 0 Å². The third-order valence-corrected chi connectivity index (χ3v) is 1.12. The van der Waals surface area contributed by atoms with E-state index in [1.165, 1.54) is 13.4 Å². The summed E-state index contributed by atoms with van der Waals surface area (Å²) < 4.78 is 9.03. The van der Waals surface area contributed by atoms with Crippen LogP contribution in [0.15, 0.2) is 0 Å². The zero-order valence-corrected chi connectivity index (χ0v) is 7.49. The first kappa shape index (κ1) is 10.9. The minimum Gasteiger partial charge on any atom is -0.463 e. The van der Waals surface area contributed by atoms with E-state index in [-0.39, 0.29) is 5.92 Å². The minimum absolute atomic E-state index is 0.279. The first-order valence-electron chi connectivity index (χ1n) is 3.77. The van der Waals surface area contributed by atoms with Crippen LogP contribution in [0.4, 0.5) is 0 Å². The SMILES string of the molecule is CC(C)COC(=O)C(C)O[C]=O. The Labute approximate surface area is 71.8 Å². The highest BCUT2D eigenvalue weighted by atomic mass is 16.6. The Bertz CT molecular complexity index is 153. The lowest BCUT2D eigenvalue weighted by Gasteiger charge is -2.10. The second kappa shape index (κ2) is 5.57. The van der Waals surface area contributed by atoms with Crippen molar-refractivity contribution in [2.75, 3.05) is 6.61 Å². The monoisotopic (exact) mass is 173 g/mol. The van der Waals surface area contributed by atoms with Crippen molar-refractivity contribution in [2.45, 2.75) is 26.9 Å². The number of rotatable bonds is 5. The average molecular weight is 173 g/mol. The van der Waals surface area contributed by atoms with Crippen LogP contribution in [0.1, 0.15) is 20.8 Å². The molecule has 69 valence electrons. The molecule has 4 nitrogen and oxygen atoms in total. The van der Waals surface area contributed by atoms with E-state index >= 15 is 0 Å². The van der Waals surface area contributed by atoms with Gasteiger partial charge in [-0.1, -0.05) is 13.8 Å². The van der Waals surface area contributed by atoms with Crippen molar-refractivity contribution in [3.05, 3.63) is 0 Å². The molecule has 0 bridgehead atoms. The third kappa shape index (κ3) is 4.71. The largest absolute Gasteiger partial charge is 0.463 e. The zero-order chi connectivity index (χ0) is 9.56. The summed E-state index contributed by atoms with van der Waals surface area (Å²) in [6, 6.07) is 0. The van der Waals surface area contributed by atoms with E-state index in [2.05, 4.69) is 4.74 Å². The lowest BCUT2D eigenvalue weighted by Crippen LogP contribution is -2.24. The lowest BCUT2D eigenvalue weighted by molar-refractivity contribution is -0.152. The molecule has 1 atom stereocenters. The van der Waals surface area contributed by atoms with Gasteiger partial charge in [-0.3, -0.25) is 0 Å². The van der Waals surface area contributed by atoms with Gasteiger partial charge in [-0.05, 0) is 12.8 Å². The summed E-state index contributed by atoms with van der Waals surface area (Å²) in [5.41, 5.74) is 0. The van der Waals surface area contributed by atoms with Crippen molar-refractivity contribution < 1.29 is 19.1 Å². The van der Waals surface area contributed by atoms with Crippen LogP contribution in [0.25, 0.3) is 0 Å². The average Bonchev–Trinajstić information content (AvgIpc) is 2.00. The van der Waals surface area contributed by atoms with Crippen LogP contribution in [0.2, 0.25) is 0 Å². The Morgan fingerprint density at radius 1 is 1.42 bits per heavy atom. The van der Waals surface area contributed by atoms with Crippen LogP contribution >= 0.6 is 0 Å². The number of ether oxygens (including phenoxy) is 2. The zero-order valence-electron chi connectivity index (χ0n) is 7.49. The molecule has 4 heteroatoms. The van der Waals surface area contributed by atoms with E-state index in [1.807, 2.05) is 13.8 Å². The lowest BCUT2D eigenvalue weighted by atomic mass is 10.2. The molecule has 12 heavy (non-hydrogen) atoms. The quantitative estimate of drug-likeness (QED) is 0.573. The molecule has 0 fully saturated rings. The summed E-state index contributed by atoms with van der Waals surface area (Å²) in [5.74, 6) is -0.256. The van der Waals surface area contributed by atoms with Gasteiger partial charge in [0.05, 0.1) is 6.61 Å². The summed E-state index contributed by atoms with van der Waals surface area (Å²) in [5, 5.41) is 0. The molecule has 0 aromatic heterocycles. The molecule has 0 aliphatic heterocycles. The number of hydrogen-bond acceptors (Lipinski definition) is 4. The maximum Gasteiger partial charge on any atom is 0.418 e. The normalized spacial score (nSPS) is 12.3. The summed E-state index contributed by atoms with van der Waals surface area (Å²) in [6.07, 6.45) is -0.860. The van der Waals surface area contributed by atoms with Crippen LogP contribution in [-0.2, 0) is 19.1 Å². The van der Waals surface area contributed by atoms with Gasteiger partial charge in [0.15, 0.2) is 6.10 Å². The maximum absolute atomic E-state index is 10.9. The van der Waals surface area contributed by atoms with Crippen molar-refractivity contribution in [3.8, 4) is 0 Å². The standard InChI is InChI=1S/C8H13O4/c1-6(2)4-11-8(10)7(3)12-5-9/h6-7H,4H2,1-3H3. The van der Waals surface area contributed by atoms with Crippen molar-refractivity contribution in [1.82, 2.24) is 0 Å². The highest BCUT2D eigenvalue weighted by Gasteiger charge is 2.15. The van der Waals surface area contributed by atoms with Crippen LogP contribution in [0, 0.1) is 5.92 Å². The number of hydrogen-bond donors (Lipinski definition) is 0. The fourth-order valence-corrected chi connectivity index (χ4v) is 0.486. The van der Waals surface area contributed by atoms with Gasteiger partial charge >= 0.3 is 12.4 Å². The summed E-state index contributed by atoms with van der Waals surface area (Å²) in [4.78, 5) is 20.6. The van der Waals surface area contributed by atoms with Crippen molar-refractivity contribution in [2.24, 2.45) is 5.92 Å². The van der Waals surface area contributed by atoms with Gasteiger partial charge in [-0.15, -0.1) is 0 Å². The van der Waals surface area contributed by atoms with E-state index in [0.29, 0.717) is 6.61 Å². The van der Waals surface area contributed by atoms with Gasteiger partial charge in [-0.2, -0.15) is 0 Å². The van der Waals surface area contributed by atoms with Crippen LogP contribution in [0.3, 0.4) is 0 Å². The molecule has 0 aliphatic carbocycles. The molecule has 0 rings (SSSR count). The van der Waals surface area contributed by atoms with Gasteiger partial charge in [0.1, 0.15) is 0 Å². The summed E-state index contributed by atoms with van der Waals surface area (Å²) >= 11 is 0. The van der Waals surface area contributed by atoms with Gasteiger partial charge in [0, 0.05) is 0 Å². The van der Waals surface area contributed by atoms with Crippen molar-refractivity contribution in [1.29, 1.82) is 0 Å². The Kier molecular flexibility index (Phi) is 5.08. The molecule has 0 aliphatic rings.